The third kappa shape index (κ3) is 5.92. The van der Waals surface area contributed by atoms with Gasteiger partial charge in [-0.3, -0.25) is 15.1 Å². The number of pyridine rings is 1. The highest BCUT2D eigenvalue weighted by Crippen LogP contribution is 2.28. The van der Waals surface area contributed by atoms with E-state index in [0.29, 0.717) is 12.2 Å². The zero-order valence-corrected chi connectivity index (χ0v) is 14.7. The topological polar surface area (TPSA) is 63.2 Å². The Hall–Kier alpha value is -2.68. The Morgan fingerprint density at radius 1 is 1.11 bits per heavy atom. The zero-order chi connectivity index (χ0) is 20.1. The molecule has 0 aliphatic carbocycles. The molecular formula is C18H19F4N3O2. The van der Waals surface area contributed by atoms with Gasteiger partial charge in [-0.05, 0) is 55.8 Å². The van der Waals surface area contributed by atoms with Gasteiger partial charge < -0.3 is 10.1 Å². The maximum atomic E-state index is 12.9. The summed E-state index contributed by atoms with van der Waals surface area (Å²) in [6.45, 7) is 3.81. The molecule has 0 radical (unpaired) electrons. The Bertz CT molecular complexity index is 753. The number of halogens is 4. The van der Waals surface area contributed by atoms with Crippen LogP contribution in [0.15, 0.2) is 48.8 Å². The number of nitrogens with zero attached hydrogens (tertiary/aromatic N) is 1. The second-order valence-corrected chi connectivity index (χ2v) is 6.28. The highest BCUT2D eigenvalue weighted by atomic mass is 19.3. The number of ether oxygens (including phenoxy) is 1. The maximum absolute atomic E-state index is 12.9. The molecule has 0 saturated carbocycles. The van der Waals surface area contributed by atoms with Crippen molar-refractivity contribution in [3.8, 4) is 5.75 Å². The van der Waals surface area contributed by atoms with Crippen LogP contribution in [0.5, 0.6) is 5.75 Å². The predicted octanol–water partition coefficient (Wildman–Crippen LogP) is 3.83. The smallest absolute Gasteiger partial charge is 0.428 e. The second-order valence-electron chi connectivity index (χ2n) is 6.28. The van der Waals surface area contributed by atoms with Crippen molar-refractivity contribution in [1.29, 1.82) is 0 Å². The molecule has 0 unspecified atom stereocenters. The molecule has 1 heterocycles. The molecule has 2 rings (SSSR count). The van der Waals surface area contributed by atoms with E-state index < -0.39 is 23.8 Å². The molecule has 0 atom stereocenters. The van der Waals surface area contributed by atoms with Gasteiger partial charge in [-0.25, -0.2) is 0 Å². The van der Waals surface area contributed by atoms with Gasteiger partial charge in [0, 0.05) is 24.6 Å². The molecule has 1 aromatic carbocycles. The first-order valence-corrected chi connectivity index (χ1v) is 8.00. The van der Waals surface area contributed by atoms with E-state index >= 15 is 0 Å². The lowest BCUT2D eigenvalue weighted by molar-refractivity contribution is -0.253. The molecule has 0 spiro atoms. The number of rotatable bonds is 8. The normalized spacial score (nSPS) is 12.1. The van der Waals surface area contributed by atoms with Gasteiger partial charge in [0.2, 0.25) is 5.91 Å². The van der Waals surface area contributed by atoms with Crippen LogP contribution >= 0.6 is 0 Å². The fourth-order valence-corrected chi connectivity index (χ4v) is 2.00. The van der Waals surface area contributed by atoms with Crippen molar-refractivity contribution < 1.29 is 27.1 Å². The first-order valence-electron chi connectivity index (χ1n) is 8.00. The van der Waals surface area contributed by atoms with Gasteiger partial charge in [0.05, 0.1) is 5.54 Å². The zero-order valence-electron chi connectivity index (χ0n) is 14.7. The Morgan fingerprint density at radius 2 is 1.70 bits per heavy atom. The van der Waals surface area contributed by atoms with Gasteiger partial charge in [0.1, 0.15) is 5.75 Å². The highest BCUT2D eigenvalue weighted by Gasteiger charge is 2.43. The minimum absolute atomic E-state index is 0.312. The SMILES string of the molecule is CC(C)(NCc1ccncc1)C(=O)Nc1ccc(OC(F)(F)C(F)F)cc1. The average Bonchev–Trinajstić information content (AvgIpc) is 2.62. The lowest BCUT2D eigenvalue weighted by atomic mass is 10.0. The van der Waals surface area contributed by atoms with Gasteiger partial charge >= 0.3 is 12.5 Å². The summed E-state index contributed by atoms with van der Waals surface area (Å²) in [7, 11) is 0. The van der Waals surface area contributed by atoms with Gasteiger partial charge in [-0.1, -0.05) is 0 Å². The monoisotopic (exact) mass is 385 g/mol. The summed E-state index contributed by atoms with van der Waals surface area (Å²) < 4.78 is 54.0. The Labute approximate surface area is 153 Å². The minimum atomic E-state index is -4.58. The summed E-state index contributed by atoms with van der Waals surface area (Å²) in [5.74, 6) is -0.795. The number of hydrogen-bond donors (Lipinski definition) is 2. The third-order valence-corrected chi connectivity index (χ3v) is 3.67. The molecule has 1 aromatic heterocycles. The van der Waals surface area contributed by atoms with Crippen LogP contribution in [0.25, 0.3) is 0 Å². The summed E-state index contributed by atoms with van der Waals surface area (Å²) >= 11 is 0. The first-order chi connectivity index (χ1) is 12.6. The van der Waals surface area contributed by atoms with Crippen molar-refractivity contribution in [3.63, 3.8) is 0 Å². The summed E-state index contributed by atoms with van der Waals surface area (Å²) in [6.07, 6.45) is -5.23. The molecule has 146 valence electrons. The van der Waals surface area contributed by atoms with Crippen molar-refractivity contribution in [3.05, 3.63) is 54.4 Å². The number of anilines is 1. The van der Waals surface area contributed by atoms with E-state index in [0.717, 1.165) is 17.7 Å². The largest absolute Gasteiger partial charge is 0.461 e. The van der Waals surface area contributed by atoms with Crippen molar-refractivity contribution in [2.24, 2.45) is 0 Å². The summed E-state index contributed by atoms with van der Waals surface area (Å²) in [6, 6.07) is 8.35. The number of carbonyl (C=O) groups excluding carboxylic acids is 1. The van der Waals surface area contributed by atoms with E-state index in [1.807, 2.05) is 12.1 Å². The Kier molecular flexibility index (Phi) is 6.37. The van der Waals surface area contributed by atoms with E-state index in [-0.39, 0.29) is 5.91 Å². The molecule has 0 aliphatic heterocycles. The summed E-state index contributed by atoms with van der Waals surface area (Å²) in [5, 5.41) is 5.73. The van der Waals surface area contributed by atoms with E-state index in [2.05, 4.69) is 20.4 Å². The summed E-state index contributed by atoms with van der Waals surface area (Å²) in [4.78, 5) is 16.3. The lowest BCUT2D eigenvalue weighted by Crippen LogP contribution is -2.49. The van der Waals surface area contributed by atoms with Crippen molar-refractivity contribution in [2.75, 3.05) is 5.32 Å². The summed E-state index contributed by atoms with van der Waals surface area (Å²) in [5.41, 5.74) is 0.333. The van der Waals surface area contributed by atoms with Crippen LogP contribution in [-0.4, -0.2) is 29.0 Å². The van der Waals surface area contributed by atoms with Crippen molar-refractivity contribution in [2.45, 2.75) is 38.5 Å². The number of amides is 1. The first kappa shape index (κ1) is 20.6. The van der Waals surface area contributed by atoms with Gasteiger partial charge in [-0.15, -0.1) is 0 Å². The van der Waals surface area contributed by atoms with Crippen LogP contribution in [0.3, 0.4) is 0 Å². The Balaban J connectivity index is 1.94. The number of aromatic nitrogens is 1. The van der Waals surface area contributed by atoms with Crippen LogP contribution in [0.1, 0.15) is 19.4 Å². The van der Waals surface area contributed by atoms with E-state index in [1.54, 1.807) is 26.2 Å². The molecule has 0 aliphatic rings. The number of benzene rings is 1. The number of carbonyl (C=O) groups is 1. The standard InChI is InChI=1S/C18H19F4N3O2/c1-17(2,24-11-12-7-9-23-10-8-12)16(26)25-13-3-5-14(6-4-13)27-18(21,22)15(19)20/h3-10,15,24H,11H2,1-2H3,(H,25,26). The third-order valence-electron chi connectivity index (χ3n) is 3.67. The minimum Gasteiger partial charge on any atom is -0.428 e. The van der Waals surface area contributed by atoms with Crippen molar-refractivity contribution in [1.82, 2.24) is 10.3 Å². The van der Waals surface area contributed by atoms with E-state index in [1.165, 1.54) is 12.1 Å². The fraction of sp³-hybridized carbons (Fsp3) is 0.333. The van der Waals surface area contributed by atoms with Crippen LogP contribution < -0.4 is 15.4 Å². The molecule has 5 nitrogen and oxygen atoms in total. The van der Waals surface area contributed by atoms with Crippen LogP contribution in [0, 0.1) is 0 Å². The van der Waals surface area contributed by atoms with Gasteiger partial charge in [0.15, 0.2) is 0 Å². The van der Waals surface area contributed by atoms with Gasteiger partial charge in [0.25, 0.3) is 0 Å². The predicted molar refractivity (Wildman–Crippen MR) is 91.8 cm³/mol. The molecule has 9 heteroatoms. The molecule has 27 heavy (non-hydrogen) atoms. The number of nitrogens with one attached hydrogen (secondary N) is 2. The van der Waals surface area contributed by atoms with Gasteiger partial charge in [-0.2, -0.15) is 17.6 Å². The maximum Gasteiger partial charge on any atom is 0.461 e. The average molecular weight is 385 g/mol. The molecule has 1 amide bonds. The fourth-order valence-electron chi connectivity index (χ4n) is 2.00. The van der Waals surface area contributed by atoms with Crippen LogP contribution in [0.2, 0.25) is 0 Å². The van der Waals surface area contributed by atoms with Crippen LogP contribution in [0.4, 0.5) is 23.2 Å². The number of alkyl halides is 4. The molecule has 0 fully saturated rings. The van der Waals surface area contributed by atoms with E-state index in [9.17, 15) is 22.4 Å². The molecule has 2 N–H and O–H groups in total. The molecule has 0 saturated heterocycles. The molecule has 2 aromatic rings. The van der Waals surface area contributed by atoms with Crippen molar-refractivity contribution >= 4 is 11.6 Å². The highest BCUT2D eigenvalue weighted by molar-refractivity contribution is 5.97. The van der Waals surface area contributed by atoms with E-state index in [4.69, 9.17) is 0 Å². The second kappa shape index (κ2) is 8.34. The molecule has 0 bridgehead atoms. The van der Waals surface area contributed by atoms with Crippen LogP contribution in [-0.2, 0) is 11.3 Å². The quantitative estimate of drug-likeness (QED) is 0.678. The Morgan fingerprint density at radius 3 is 2.26 bits per heavy atom. The lowest BCUT2D eigenvalue weighted by Gasteiger charge is -2.25. The molecular weight excluding hydrogens is 366 g/mol. The number of hydrogen-bond acceptors (Lipinski definition) is 4.